The van der Waals surface area contributed by atoms with Crippen molar-refractivity contribution in [3.05, 3.63) is 180 Å². The third kappa shape index (κ3) is 4.65. The molecular formula is C61H56N2. The minimum absolute atomic E-state index is 0.0511. The third-order valence-corrected chi connectivity index (χ3v) is 18.0. The van der Waals surface area contributed by atoms with E-state index >= 15 is 0 Å². The lowest BCUT2D eigenvalue weighted by atomic mass is 9.72. The lowest BCUT2D eigenvalue weighted by molar-refractivity contribution is 0.330. The maximum Gasteiger partial charge on any atom is 0.0517 e. The molecule has 0 saturated heterocycles. The highest BCUT2D eigenvalue weighted by Gasteiger charge is 2.60. The first-order valence-corrected chi connectivity index (χ1v) is 23.6. The molecule has 310 valence electrons. The first kappa shape index (κ1) is 37.4. The van der Waals surface area contributed by atoms with Gasteiger partial charge in [-0.05, 0) is 177 Å². The van der Waals surface area contributed by atoms with Crippen molar-refractivity contribution in [2.45, 2.75) is 107 Å². The van der Waals surface area contributed by atoms with E-state index in [1.807, 2.05) is 0 Å². The average Bonchev–Trinajstić information content (AvgIpc) is 3.98. The van der Waals surface area contributed by atoms with Gasteiger partial charge in [0.1, 0.15) is 0 Å². The van der Waals surface area contributed by atoms with Gasteiger partial charge in [-0.25, -0.2) is 0 Å². The van der Waals surface area contributed by atoms with E-state index in [9.17, 15) is 0 Å². The van der Waals surface area contributed by atoms with Crippen LogP contribution in [0.3, 0.4) is 0 Å². The van der Waals surface area contributed by atoms with Crippen LogP contribution in [-0.2, 0) is 16.2 Å². The van der Waals surface area contributed by atoms with Crippen LogP contribution in [0, 0.1) is 0 Å². The van der Waals surface area contributed by atoms with Gasteiger partial charge >= 0.3 is 0 Å². The molecule has 4 atom stereocenters. The van der Waals surface area contributed by atoms with E-state index in [2.05, 4.69) is 209 Å². The zero-order chi connectivity index (χ0) is 42.7. The number of hydrogen-bond acceptors (Lipinski definition) is 2. The topological polar surface area (TPSA) is 6.48 Å². The fraction of sp³-hybridized carbons (Fsp3) is 0.279. The summed E-state index contributed by atoms with van der Waals surface area (Å²) in [5.41, 5.74) is 19.4. The fourth-order valence-electron chi connectivity index (χ4n) is 14.4. The Kier molecular flexibility index (Phi) is 7.45. The largest absolute Gasteiger partial charge is 0.334 e. The van der Waals surface area contributed by atoms with Crippen molar-refractivity contribution in [3.8, 4) is 33.4 Å². The van der Waals surface area contributed by atoms with Crippen LogP contribution in [0.15, 0.2) is 158 Å². The Labute approximate surface area is 373 Å². The normalized spacial score (nSPS) is 25.9. The highest BCUT2D eigenvalue weighted by atomic mass is 15.3. The van der Waals surface area contributed by atoms with E-state index in [-0.39, 0.29) is 27.3 Å². The maximum atomic E-state index is 2.67. The van der Waals surface area contributed by atoms with Crippen molar-refractivity contribution in [1.82, 2.24) is 0 Å². The second-order valence-electron chi connectivity index (χ2n) is 21.2. The molecule has 13 rings (SSSR count). The summed E-state index contributed by atoms with van der Waals surface area (Å²) in [5.74, 6) is 0. The van der Waals surface area contributed by atoms with Crippen LogP contribution < -0.4 is 9.80 Å². The summed E-state index contributed by atoms with van der Waals surface area (Å²) in [6, 6.07) is 60.8. The van der Waals surface area contributed by atoms with Gasteiger partial charge in [-0.1, -0.05) is 138 Å². The molecule has 0 N–H and O–H groups in total. The second-order valence-corrected chi connectivity index (χ2v) is 21.2. The molecule has 2 aliphatic heterocycles. The lowest BCUT2D eigenvalue weighted by Gasteiger charge is -2.42. The van der Waals surface area contributed by atoms with E-state index in [4.69, 9.17) is 0 Å². The van der Waals surface area contributed by atoms with Crippen LogP contribution in [0.1, 0.15) is 102 Å². The number of fused-ring (bicyclic) bond motifs is 14. The van der Waals surface area contributed by atoms with E-state index < -0.39 is 0 Å². The molecule has 0 aromatic heterocycles. The van der Waals surface area contributed by atoms with E-state index in [0.717, 1.165) is 0 Å². The summed E-state index contributed by atoms with van der Waals surface area (Å²) in [5, 5.41) is 5.40. The van der Waals surface area contributed by atoms with Gasteiger partial charge in [-0.3, -0.25) is 0 Å². The van der Waals surface area contributed by atoms with Crippen molar-refractivity contribution in [2.75, 3.05) is 9.80 Å². The molecule has 8 aromatic rings. The monoisotopic (exact) mass is 816 g/mol. The zero-order valence-electron chi connectivity index (χ0n) is 37.6. The molecule has 2 nitrogen and oxygen atoms in total. The lowest BCUT2D eigenvalue weighted by Crippen LogP contribution is -2.48. The Balaban J connectivity index is 0.926. The van der Waals surface area contributed by atoms with Crippen LogP contribution in [0.2, 0.25) is 0 Å². The predicted molar refractivity (Wildman–Crippen MR) is 266 cm³/mol. The van der Waals surface area contributed by atoms with Gasteiger partial charge in [0.05, 0.1) is 11.1 Å². The molecule has 8 aromatic carbocycles. The first-order chi connectivity index (χ1) is 30.5. The van der Waals surface area contributed by atoms with Crippen molar-refractivity contribution in [2.24, 2.45) is 0 Å². The van der Waals surface area contributed by atoms with Gasteiger partial charge in [-0.15, -0.1) is 0 Å². The number of anilines is 4. The predicted octanol–water partition coefficient (Wildman–Crippen LogP) is 16.3. The highest BCUT2D eigenvalue weighted by Crippen LogP contribution is 2.64. The van der Waals surface area contributed by atoms with Gasteiger partial charge in [-0.2, -0.15) is 0 Å². The zero-order valence-corrected chi connectivity index (χ0v) is 37.6. The number of para-hydroxylation sites is 2. The molecule has 0 amide bonds. The fourth-order valence-corrected chi connectivity index (χ4v) is 14.4. The summed E-state index contributed by atoms with van der Waals surface area (Å²) in [7, 11) is 0. The summed E-state index contributed by atoms with van der Waals surface area (Å²) in [6.45, 7) is 15.0. The molecule has 63 heavy (non-hydrogen) atoms. The van der Waals surface area contributed by atoms with Gasteiger partial charge in [0, 0.05) is 39.0 Å². The molecule has 4 unspecified atom stereocenters. The molecule has 2 heterocycles. The number of hydrogen-bond donors (Lipinski definition) is 0. The Morgan fingerprint density at radius 3 is 1.40 bits per heavy atom. The summed E-state index contributed by atoms with van der Waals surface area (Å²) < 4.78 is 0. The molecule has 0 bridgehead atoms. The van der Waals surface area contributed by atoms with E-state index in [1.54, 1.807) is 0 Å². The molecule has 0 spiro atoms. The van der Waals surface area contributed by atoms with E-state index in [1.165, 1.54) is 138 Å². The molecule has 5 aliphatic rings. The molecule has 2 heteroatoms. The van der Waals surface area contributed by atoms with Crippen LogP contribution >= 0.6 is 0 Å². The summed E-state index contributed by atoms with van der Waals surface area (Å²) >= 11 is 0. The van der Waals surface area contributed by atoms with Gasteiger partial charge in [0.15, 0.2) is 0 Å². The van der Waals surface area contributed by atoms with E-state index in [0.29, 0.717) is 0 Å². The van der Waals surface area contributed by atoms with Crippen LogP contribution in [0.4, 0.5) is 22.7 Å². The molecule has 2 saturated carbocycles. The van der Waals surface area contributed by atoms with Crippen LogP contribution in [-0.4, -0.2) is 11.1 Å². The molecule has 2 fully saturated rings. The SMILES string of the molecule is CC1(C)c2cc(-c3ccc4c(c3)C3(C)CCCC3(C)N4c3ccccc3)ccc2-c2c1c1ccc(-c3ccc4c(c3)C3(C)CCCC3(C)N4c3ccccc3)cc1c1ccccc21. The summed E-state index contributed by atoms with van der Waals surface area (Å²) in [6.07, 6.45) is 7.36. The van der Waals surface area contributed by atoms with Gasteiger partial charge in [0.2, 0.25) is 0 Å². The maximum absolute atomic E-state index is 2.67. The van der Waals surface area contributed by atoms with Crippen LogP contribution in [0.5, 0.6) is 0 Å². The Morgan fingerprint density at radius 1 is 0.381 bits per heavy atom. The number of rotatable bonds is 4. The van der Waals surface area contributed by atoms with Gasteiger partial charge < -0.3 is 9.80 Å². The van der Waals surface area contributed by atoms with Crippen LogP contribution in [0.25, 0.3) is 54.9 Å². The second kappa shape index (κ2) is 12.5. The number of benzene rings is 8. The molecular weight excluding hydrogens is 761 g/mol. The minimum Gasteiger partial charge on any atom is -0.334 e. The smallest absolute Gasteiger partial charge is 0.0517 e. The first-order valence-electron chi connectivity index (χ1n) is 23.6. The Bertz CT molecular complexity index is 3230. The van der Waals surface area contributed by atoms with Crippen molar-refractivity contribution in [3.63, 3.8) is 0 Å². The number of nitrogens with zero attached hydrogens (tertiary/aromatic N) is 2. The van der Waals surface area contributed by atoms with Crippen molar-refractivity contribution in [1.29, 1.82) is 0 Å². The molecule has 3 aliphatic carbocycles. The summed E-state index contributed by atoms with van der Waals surface area (Å²) in [4.78, 5) is 5.33. The third-order valence-electron chi connectivity index (χ3n) is 18.0. The quantitative estimate of drug-likeness (QED) is 0.163. The standard InChI is InChI=1S/C61H56N2/c1-57(2)50-36-40(42-26-30-54-52(38-42)59(4)32-16-34-61(59,6)63(54)44-19-11-8-12-20-44)24-28-48(50)55-46-22-14-13-21-45(46)49-35-39(23-27-47(49)56(55)57)41-25-29-53-51(37-41)58(3)31-15-33-60(58,5)62(53)43-17-9-7-10-18-43/h7-14,17-30,35-38H,15-16,31-34H2,1-6H3. The molecule has 0 radical (unpaired) electrons. The van der Waals surface area contributed by atoms with Gasteiger partial charge in [0.25, 0.3) is 0 Å². The average molecular weight is 817 g/mol. The van der Waals surface area contributed by atoms with Crippen molar-refractivity contribution < 1.29 is 0 Å². The Hall–Kier alpha value is -6.12. The minimum atomic E-state index is -0.183. The Morgan fingerprint density at radius 2 is 0.841 bits per heavy atom. The van der Waals surface area contributed by atoms with Crippen molar-refractivity contribution >= 4 is 44.3 Å². The highest BCUT2D eigenvalue weighted by molar-refractivity contribution is 6.19.